The molecule has 0 saturated heterocycles. The molecule has 0 amide bonds. The number of anilines is 1. The lowest BCUT2D eigenvalue weighted by Crippen LogP contribution is -2.25. The zero-order chi connectivity index (χ0) is 10.1. The van der Waals surface area contributed by atoms with Crippen molar-refractivity contribution in [2.24, 2.45) is 0 Å². The van der Waals surface area contributed by atoms with Crippen molar-refractivity contribution >= 4 is 17.3 Å². The van der Waals surface area contributed by atoms with E-state index in [1.807, 2.05) is 20.8 Å². The van der Waals surface area contributed by atoms with E-state index >= 15 is 0 Å². The molecule has 0 aromatic heterocycles. The molecule has 1 rings (SSSR count). The molecule has 0 fully saturated rings. The maximum absolute atomic E-state index is 12.8. The molecule has 1 nitrogen and oxygen atoms in total. The van der Waals surface area contributed by atoms with Gasteiger partial charge < -0.3 is 5.32 Å². The van der Waals surface area contributed by atoms with Gasteiger partial charge in [-0.05, 0) is 39.0 Å². The molecule has 0 aliphatic carbocycles. The number of halogens is 2. The van der Waals surface area contributed by atoms with Crippen molar-refractivity contribution in [3.8, 4) is 0 Å². The van der Waals surface area contributed by atoms with E-state index in [-0.39, 0.29) is 16.4 Å². The van der Waals surface area contributed by atoms with Gasteiger partial charge in [0.2, 0.25) is 0 Å². The zero-order valence-corrected chi connectivity index (χ0v) is 8.74. The summed E-state index contributed by atoms with van der Waals surface area (Å²) in [5, 5.41) is 3.35. The predicted octanol–water partition coefficient (Wildman–Crippen LogP) is 3.69. The van der Waals surface area contributed by atoms with E-state index in [0.29, 0.717) is 0 Å². The Bertz CT molecular complexity index is 304. The van der Waals surface area contributed by atoms with E-state index in [1.54, 1.807) is 12.1 Å². The summed E-state index contributed by atoms with van der Waals surface area (Å²) in [5.74, 6) is -0.388. The maximum Gasteiger partial charge on any atom is 0.141 e. The van der Waals surface area contributed by atoms with Crippen LogP contribution in [0.5, 0.6) is 0 Å². The lowest BCUT2D eigenvalue weighted by atomic mass is 10.1. The van der Waals surface area contributed by atoms with Crippen LogP contribution in [0.2, 0.25) is 5.02 Å². The van der Waals surface area contributed by atoms with E-state index in [1.165, 1.54) is 6.07 Å². The molecule has 0 aliphatic heterocycles. The molecule has 0 spiro atoms. The molecule has 0 saturated carbocycles. The first-order valence-corrected chi connectivity index (χ1v) is 4.49. The number of nitrogens with one attached hydrogen (secondary N) is 1. The molecule has 0 heterocycles. The highest BCUT2D eigenvalue weighted by Gasteiger charge is 2.09. The fraction of sp³-hybridized carbons (Fsp3) is 0.400. The Morgan fingerprint density at radius 3 is 2.38 bits per heavy atom. The van der Waals surface area contributed by atoms with Gasteiger partial charge in [0.05, 0.1) is 5.02 Å². The molecule has 1 N–H and O–H groups in total. The van der Waals surface area contributed by atoms with E-state index in [2.05, 4.69) is 5.32 Å². The lowest BCUT2D eigenvalue weighted by Gasteiger charge is -2.22. The second kappa shape index (κ2) is 3.54. The van der Waals surface area contributed by atoms with Gasteiger partial charge in [-0.15, -0.1) is 0 Å². The fourth-order valence-electron chi connectivity index (χ4n) is 1.01. The summed E-state index contributed by atoms with van der Waals surface area (Å²) in [7, 11) is 0. The van der Waals surface area contributed by atoms with Gasteiger partial charge in [-0.2, -0.15) is 0 Å². The van der Waals surface area contributed by atoms with Crippen molar-refractivity contribution < 1.29 is 4.39 Å². The Kier molecular flexibility index (Phi) is 2.81. The van der Waals surface area contributed by atoms with Crippen LogP contribution in [0.1, 0.15) is 20.8 Å². The summed E-state index contributed by atoms with van der Waals surface area (Å²) in [6.45, 7) is 6.10. The minimum atomic E-state index is -0.388. The summed E-state index contributed by atoms with van der Waals surface area (Å²) < 4.78 is 12.8. The van der Waals surface area contributed by atoms with Crippen LogP contribution >= 0.6 is 11.6 Å². The third-order valence-corrected chi connectivity index (χ3v) is 1.73. The van der Waals surface area contributed by atoms with Crippen molar-refractivity contribution in [1.82, 2.24) is 0 Å². The Labute approximate surface area is 82.9 Å². The quantitative estimate of drug-likeness (QED) is 0.731. The number of rotatable bonds is 1. The third-order valence-electron chi connectivity index (χ3n) is 1.44. The Morgan fingerprint density at radius 2 is 1.92 bits per heavy atom. The van der Waals surface area contributed by atoms with Crippen LogP contribution in [-0.2, 0) is 0 Å². The average molecular weight is 202 g/mol. The first-order valence-electron chi connectivity index (χ1n) is 4.12. The molecule has 3 heteroatoms. The predicted molar refractivity (Wildman–Crippen MR) is 54.8 cm³/mol. The number of hydrogen-bond donors (Lipinski definition) is 1. The minimum Gasteiger partial charge on any atom is -0.380 e. The summed E-state index contributed by atoms with van der Waals surface area (Å²) in [5.41, 5.74) is 0.792. The molecule has 1 aromatic rings. The van der Waals surface area contributed by atoms with Crippen molar-refractivity contribution in [2.45, 2.75) is 26.3 Å². The van der Waals surface area contributed by atoms with Gasteiger partial charge in [0, 0.05) is 11.2 Å². The van der Waals surface area contributed by atoms with Crippen molar-refractivity contribution in [2.75, 3.05) is 5.32 Å². The van der Waals surface area contributed by atoms with Crippen LogP contribution in [-0.4, -0.2) is 5.54 Å². The van der Waals surface area contributed by atoms with E-state index in [0.717, 1.165) is 5.69 Å². The molecule has 0 radical (unpaired) electrons. The summed E-state index contributed by atoms with van der Waals surface area (Å²) in [6, 6.07) is 4.62. The Hall–Kier alpha value is -0.760. The second-order valence-electron chi connectivity index (χ2n) is 4.00. The molecule has 13 heavy (non-hydrogen) atoms. The second-order valence-corrected chi connectivity index (χ2v) is 4.41. The molecule has 0 atom stereocenters. The van der Waals surface area contributed by atoms with E-state index in [9.17, 15) is 4.39 Å². The Morgan fingerprint density at radius 1 is 1.31 bits per heavy atom. The number of hydrogen-bond acceptors (Lipinski definition) is 1. The largest absolute Gasteiger partial charge is 0.380 e. The van der Waals surface area contributed by atoms with Crippen LogP contribution in [0, 0.1) is 5.82 Å². The number of benzene rings is 1. The highest BCUT2D eigenvalue weighted by molar-refractivity contribution is 6.31. The van der Waals surface area contributed by atoms with Gasteiger partial charge in [0.1, 0.15) is 5.82 Å². The van der Waals surface area contributed by atoms with Crippen LogP contribution in [0.15, 0.2) is 18.2 Å². The molecule has 72 valence electrons. The van der Waals surface area contributed by atoms with Gasteiger partial charge in [-0.3, -0.25) is 0 Å². The highest BCUT2D eigenvalue weighted by atomic mass is 35.5. The van der Waals surface area contributed by atoms with Crippen molar-refractivity contribution in [1.29, 1.82) is 0 Å². The van der Waals surface area contributed by atoms with Gasteiger partial charge in [0.25, 0.3) is 0 Å². The molecule has 0 unspecified atom stereocenters. The monoisotopic (exact) mass is 201 g/mol. The standard InChI is InChI=1S/C10H13ClFN/c1-10(2,3)13-7-4-5-9(12)8(11)6-7/h4-6,13H,1-3H3. The normalized spacial score (nSPS) is 11.5. The zero-order valence-electron chi connectivity index (χ0n) is 7.99. The molecular formula is C10H13ClFN. The highest BCUT2D eigenvalue weighted by Crippen LogP contribution is 2.21. The van der Waals surface area contributed by atoms with Crippen LogP contribution < -0.4 is 5.32 Å². The van der Waals surface area contributed by atoms with Crippen LogP contribution in [0.3, 0.4) is 0 Å². The third kappa shape index (κ3) is 3.23. The molecule has 0 bridgehead atoms. The fourth-order valence-corrected chi connectivity index (χ4v) is 1.19. The van der Waals surface area contributed by atoms with Crippen LogP contribution in [0.25, 0.3) is 0 Å². The van der Waals surface area contributed by atoms with E-state index in [4.69, 9.17) is 11.6 Å². The van der Waals surface area contributed by atoms with Gasteiger partial charge >= 0.3 is 0 Å². The lowest BCUT2D eigenvalue weighted by molar-refractivity contribution is 0.622. The maximum atomic E-state index is 12.8. The summed E-state index contributed by atoms with van der Waals surface area (Å²) in [4.78, 5) is 0. The van der Waals surface area contributed by atoms with E-state index < -0.39 is 0 Å². The summed E-state index contributed by atoms with van der Waals surface area (Å²) in [6.07, 6.45) is 0. The Balaban J connectivity index is 2.86. The smallest absolute Gasteiger partial charge is 0.141 e. The van der Waals surface area contributed by atoms with Crippen molar-refractivity contribution in [3.63, 3.8) is 0 Å². The van der Waals surface area contributed by atoms with Gasteiger partial charge in [-0.25, -0.2) is 4.39 Å². The van der Waals surface area contributed by atoms with Gasteiger partial charge in [-0.1, -0.05) is 11.6 Å². The average Bonchev–Trinajstić information content (AvgIpc) is 1.94. The van der Waals surface area contributed by atoms with Gasteiger partial charge in [0.15, 0.2) is 0 Å². The minimum absolute atomic E-state index is 0.0405. The summed E-state index contributed by atoms with van der Waals surface area (Å²) >= 11 is 5.63. The topological polar surface area (TPSA) is 12.0 Å². The first kappa shape index (κ1) is 10.3. The molecular weight excluding hydrogens is 189 g/mol. The first-order chi connectivity index (χ1) is 5.88. The SMILES string of the molecule is CC(C)(C)Nc1ccc(F)c(Cl)c1. The molecule has 0 aliphatic rings. The van der Waals surface area contributed by atoms with Crippen molar-refractivity contribution in [3.05, 3.63) is 29.0 Å². The van der Waals surface area contributed by atoms with Crippen LogP contribution in [0.4, 0.5) is 10.1 Å². The molecule has 1 aromatic carbocycles.